The second kappa shape index (κ2) is 24.0. The van der Waals surface area contributed by atoms with E-state index in [1.54, 1.807) is 0 Å². The molecule has 0 aliphatic heterocycles. The molecule has 0 atom stereocenters. The summed E-state index contributed by atoms with van der Waals surface area (Å²) in [6.07, 6.45) is 20.8. The van der Waals surface area contributed by atoms with Crippen molar-refractivity contribution >= 4 is 20.5 Å². The molecule has 0 heterocycles. The van der Waals surface area contributed by atoms with Gasteiger partial charge in [0.15, 0.2) is 0 Å². The number of carbonyl (C=O) groups is 2. The van der Waals surface area contributed by atoms with Crippen LogP contribution >= 0.6 is 8.60 Å². The summed E-state index contributed by atoms with van der Waals surface area (Å²) in [6.45, 7) is 28.1. The molecular weight excluding hydrogens is 744 g/mol. The van der Waals surface area contributed by atoms with Gasteiger partial charge in [-0.05, 0) is 52.3 Å². The van der Waals surface area contributed by atoms with Crippen LogP contribution in [-0.4, -0.2) is 32.8 Å². The van der Waals surface area contributed by atoms with Gasteiger partial charge in [-0.25, -0.2) is 9.59 Å². The Morgan fingerprint density at radius 3 is 0.948 bits per heavy atom. The van der Waals surface area contributed by atoms with Gasteiger partial charge in [0.05, 0.1) is 32.0 Å². The lowest BCUT2D eigenvalue weighted by molar-refractivity contribution is 0.0591. The summed E-state index contributed by atoms with van der Waals surface area (Å²) >= 11 is 0. The first-order chi connectivity index (χ1) is 27.1. The van der Waals surface area contributed by atoms with Crippen LogP contribution < -0.4 is 9.05 Å². The Morgan fingerprint density at radius 1 is 0.448 bits per heavy atom. The summed E-state index contributed by atoms with van der Waals surface area (Å²) in [4.78, 5) is 25.9. The number of hydrogen-bond donors (Lipinski definition) is 0. The Labute approximate surface area is 356 Å². The smallest absolute Gasteiger partial charge is 0.463 e. The van der Waals surface area contributed by atoms with Crippen LogP contribution in [0.3, 0.4) is 0 Å². The highest BCUT2D eigenvalue weighted by molar-refractivity contribution is 7.42. The molecule has 330 valence electrons. The monoisotopic (exact) mass is 827 g/mol. The second-order valence-corrected chi connectivity index (χ2v) is 21.4. The van der Waals surface area contributed by atoms with E-state index in [2.05, 4.69) is 90.0 Å². The highest BCUT2D eigenvalue weighted by atomic mass is 31.2. The third kappa shape index (κ3) is 17.2. The summed E-state index contributed by atoms with van der Waals surface area (Å²) in [7, 11) is 0.816. The maximum atomic E-state index is 12.9. The summed E-state index contributed by atoms with van der Waals surface area (Å²) in [6, 6.07) is 7.52. The van der Waals surface area contributed by atoms with Crippen molar-refractivity contribution in [2.45, 2.75) is 214 Å². The highest BCUT2D eigenvalue weighted by Gasteiger charge is 2.36. The van der Waals surface area contributed by atoms with Crippen molar-refractivity contribution < 1.29 is 32.6 Å². The molecule has 0 aromatic heterocycles. The Bertz CT molecular complexity index is 1380. The molecule has 0 amide bonds. The maximum absolute atomic E-state index is 12.9. The number of hydrogen-bond acceptors (Lipinski definition) is 7. The molecule has 0 fully saturated rings. The fraction of sp³-hybridized carbons (Fsp3) is 0.720. The number of carbonyl (C=O) groups excluding carboxylic acids is 2. The SMILES string of the molecule is CCCCCCCCCCCCCCCCCCOP(Oc1c(C(C)(C)C)cc(C(=O)OC)cc1C(C)(C)C)Oc1c(C(C)(C)C)cc(C(=O)OC)cc1C(C)(C)C. The molecule has 0 aliphatic carbocycles. The van der Waals surface area contributed by atoms with E-state index in [0.29, 0.717) is 29.2 Å². The van der Waals surface area contributed by atoms with Crippen molar-refractivity contribution in [3.05, 3.63) is 57.6 Å². The highest BCUT2D eigenvalue weighted by Crippen LogP contribution is 2.52. The van der Waals surface area contributed by atoms with Crippen LogP contribution in [0.4, 0.5) is 0 Å². The van der Waals surface area contributed by atoms with Gasteiger partial charge in [0.25, 0.3) is 0 Å². The van der Waals surface area contributed by atoms with Crippen molar-refractivity contribution in [2.75, 3.05) is 20.8 Å². The molecule has 0 spiro atoms. The standard InChI is InChI=1S/C50H83O7P/c1-16-17-18-19-20-21-22-23-24-25-26-27-28-29-30-31-32-55-58(56-43-39(47(2,3)4)33-37(45(51)53-14)34-40(43)48(5,6)7)57-44-41(49(8,9)10)35-38(46(52)54-15)36-42(44)50(11,12)13/h33-36H,16-32H2,1-15H3. The predicted molar refractivity (Wildman–Crippen MR) is 244 cm³/mol. The van der Waals surface area contributed by atoms with Crippen LogP contribution in [0, 0.1) is 0 Å². The van der Waals surface area contributed by atoms with E-state index in [1.807, 2.05) is 24.3 Å². The van der Waals surface area contributed by atoms with Gasteiger partial charge in [0.2, 0.25) is 0 Å². The number of unbranched alkanes of at least 4 members (excludes halogenated alkanes) is 15. The van der Waals surface area contributed by atoms with Gasteiger partial charge in [-0.1, -0.05) is 186 Å². The van der Waals surface area contributed by atoms with E-state index in [0.717, 1.165) is 35.1 Å². The average Bonchev–Trinajstić information content (AvgIpc) is 3.13. The van der Waals surface area contributed by atoms with E-state index in [9.17, 15) is 9.59 Å². The quantitative estimate of drug-likeness (QED) is 0.0592. The normalized spacial score (nSPS) is 12.6. The maximum Gasteiger partial charge on any atom is 0.463 e. The van der Waals surface area contributed by atoms with Crippen LogP contribution in [-0.2, 0) is 35.7 Å². The van der Waals surface area contributed by atoms with Crippen molar-refractivity contribution in [1.29, 1.82) is 0 Å². The summed E-state index contributed by atoms with van der Waals surface area (Å²) in [5.74, 6) is 0.533. The summed E-state index contributed by atoms with van der Waals surface area (Å²) < 4.78 is 31.1. The topological polar surface area (TPSA) is 80.3 Å². The van der Waals surface area contributed by atoms with Gasteiger partial charge in [-0.3, -0.25) is 4.52 Å². The van der Waals surface area contributed by atoms with Crippen molar-refractivity contribution in [3.8, 4) is 11.5 Å². The van der Waals surface area contributed by atoms with Gasteiger partial charge < -0.3 is 18.5 Å². The average molecular weight is 827 g/mol. The van der Waals surface area contributed by atoms with Crippen molar-refractivity contribution in [3.63, 3.8) is 0 Å². The van der Waals surface area contributed by atoms with Crippen LogP contribution in [0.15, 0.2) is 24.3 Å². The minimum Gasteiger partial charge on any atom is -0.465 e. The Hall–Kier alpha value is -2.63. The molecule has 2 rings (SSSR count). The largest absolute Gasteiger partial charge is 0.465 e. The molecule has 58 heavy (non-hydrogen) atoms. The third-order valence-electron chi connectivity index (χ3n) is 10.8. The minimum absolute atomic E-state index is 0.385. The number of rotatable bonds is 24. The summed E-state index contributed by atoms with van der Waals surface area (Å²) in [5.41, 5.74) is 2.90. The first-order valence-corrected chi connectivity index (χ1v) is 23.5. The van der Waals surface area contributed by atoms with Crippen LogP contribution in [0.25, 0.3) is 0 Å². The Balaban J connectivity index is 2.37. The molecule has 2 aromatic rings. The molecule has 0 bridgehead atoms. The third-order valence-corrected chi connectivity index (χ3v) is 11.8. The molecule has 8 heteroatoms. The Kier molecular flexibility index (Phi) is 21.3. The molecular formula is C50H83O7P. The zero-order valence-corrected chi connectivity index (χ0v) is 40.5. The zero-order valence-electron chi connectivity index (χ0n) is 39.6. The molecule has 0 saturated carbocycles. The molecule has 0 N–H and O–H groups in total. The van der Waals surface area contributed by atoms with Crippen LogP contribution in [0.1, 0.15) is 236 Å². The van der Waals surface area contributed by atoms with Gasteiger partial charge >= 0.3 is 20.5 Å². The number of methoxy groups -OCH3 is 2. The van der Waals surface area contributed by atoms with Gasteiger partial charge in [-0.2, -0.15) is 0 Å². The van der Waals surface area contributed by atoms with Gasteiger partial charge in [0.1, 0.15) is 11.5 Å². The fourth-order valence-electron chi connectivity index (χ4n) is 7.16. The first-order valence-electron chi connectivity index (χ1n) is 22.4. The van der Waals surface area contributed by atoms with Gasteiger partial charge in [-0.15, -0.1) is 0 Å². The van der Waals surface area contributed by atoms with Crippen LogP contribution in [0.2, 0.25) is 0 Å². The second-order valence-electron chi connectivity index (χ2n) is 20.3. The fourth-order valence-corrected chi connectivity index (χ4v) is 8.28. The van der Waals surface area contributed by atoms with E-state index in [1.165, 1.54) is 104 Å². The lowest BCUT2D eigenvalue weighted by Gasteiger charge is -2.33. The van der Waals surface area contributed by atoms with E-state index in [4.69, 9.17) is 23.0 Å². The number of benzene rings is 2. The van der Waals surface area contributed by atoms with Crippen molar-refractivity contribution in [2.24, 2.45) is 0 Å². The molecule has 0 unspecified atom stereocenters. The predicted octanol–water partition coefficient (Wildman–Crippen LogP) is 15.4. The lowest BCUT2D eigenvalue weighted by Crippen LogP contribution is -2.23. The van der Waals surface area contributed by atoms with Gasteiger partial charge in [0, 0.05) is 22.3 Å². The lowest BCUT2D eigenvalue weighted by atomic mass is 9.78. The van der Waals surface area contributed by atoms with E-state index < -0.39 is 20.5 Å². The molecule has 7 nitrogen and oxygen atoms in total. The zero-order chi connectivity index (χ0) is 43.7. The minimum atomic E-state index is -2.00. The number of ether oxygens (including phenoxy) is 2. The van der Waals surface area contributed by atoms with E-state index >= 15 is 0 Å². The first kappa shape index (κ1) is 51.5. The Morgan fingerprint density at radius 2 is 0.707 bits per heavy atom. The number of esters is 2. The van der Waals surface area contributed by atoms with Crippen molar-refractivity contribution in [1.82, 2.24) is 0 Å². The molecule has 0 saturated heterocycles. The molecule has 0 radical (unpaired) electrons. The molecule has 2 aromatic carbocycles. The van der Waals surface area contributed by atoms with Crippen LogP contribution in [0.5, 0.6) is 11.5 Å². The van der Waals surface area contributed by atoms with E-state index in [-0.39, 0.29) is 21.7 Å². The molecule has 0 aliphatic rings. The summed E-state index contributed by atoms with van der Waals surface area (Å²) in [5, 5.41) is 0.